The van der Waals surface area contributed by atoms with E-state index in [9.17, 15) is 0 Å². The van der Waals surface area contributed by atoms with Crippen LogP contribution in [-0.2, 0) is 6.42 Å². The highest BCUT2D eigenvalue weighted by Gasteiger charge is 2.18. The Morgan fingerprint density at radius 3 is 2.12 bits per heavy atom. The first kappa shape index (κ1) is 13.2. The van der Waals surface area contributed by atoms with Crippen LogP contribution in [0.3, 0.4) is 0 Å². The third kappa shape index (κ3) is 3.06. The van der Waals surface area contributed by atoms with E-state index in [1.807, 2.05) is 7.05 Å². The molecule has 0 bridgehead atoms. The van der Waals surface area contributed by atoms with Crippen molar-refractivity contribution >= 4 is 0 Å². The Bertz CT molecular complexity index is 303. The average molecular weight is 220 g/mol. The fourth-order valence-corrected chi connectivity index (χ4v) is 1.95. The fraction of sp³-hybridized carbons (Fsp3) is 0.571. The van der Waals surface area contributed by atoms with E-state index in [4.69, 9.17) is 0 Å². The van der Waals surface area contributed by atoms with Crippen molar-refractivity contribution < 1.29 is 0 Å². The van der Waals surface area contributed by atoms with Crippen LogP contribution in [0.25, 0.3) is 0 Å². The van der Waals surface area contributed by atoms with E-state index in [0.29, 0.717) is 12.1 Å². The van der Waals surface area contributed by atoms with Gasteiger partial charge in [0.2, 0.25) is 0 Å². The number of nitrogens with zero attached hydrogens (tertiary/aromatic N) is 1. The summed E-state index contributed by atoms with van der Waals surface area (Å²) in [6.45, 7) is 4.43. The second kappa shape index (κ2) is 6.02. The Kier molecular flexibility index (Phi) is 4.97. The molecular weight excluding hydrogens is 196 g/mol. The molecule has 1 aromatic carbocycles. The molecule has 2 nitrogen and oxygen atoms in total. The molecule has 0 aliphatic rings. The molecule has 0 fully saturated rings. The number of hydrogen-bond acceptors (Lipinski definition) is 2. The SMILES string of the molecule is CCc1ccc(C(NC)C(C)N(C)C)cc1. The second-order valence-electron chi connectivity index (χ2n) is 4.57. The lowest BCUT2D eigenvalue weighted by molar-refractivity contribution is 0.254. The number of rotatable bonds is 5. The minimum atomic E-state index is 0.390. The van der Waals surface area contributed by atoms with Crippen LogP contribution < -0.4 is 5.32 Å². The van der Waals surface area contributed by atoms with Gasteiger partial charge in [-0.25, -0.2) is 0 Å². The van der Waals surface area contributed by atoms with Crippen LogP contribution in [0.5, 0.6) is 0 Å². The van der Waals surface area contributed by atoms with E-state index >= 15 is 0 Å². The van der Waals surface area contributed by atoms with Gasteiger partial charge in [-0.05, 0) is 45.6 Å². The van der Waals surface area contributed by atoms with Crippen LogP contribution in [0, 0.1) is 0 Å². The van der Waals surface area contributed by atoms with Gasteiger partial charge in [0.25, 0.3) is 0 Å². The standard InChI is InChI=1S/C14H24N2/c1-6-12-7-9-13(10-8-12)14(15-3)11(2)16(4)5/h7-11,14-15H,6H2,1-5H3. The van der Waals surface area contributed by atoms with Crippen molar-refractivity contribution in [2.45, 2.75) is 32.4 Å². The van der Waals surface area contributed by atoms with Gasteiger partial charge in [-0.15, -0.1) is 0 Å². The quantitative estimate of drug-likeness (QED) is 0.820. The summed E-state index contributed by atoms with van der Waals surface area (Å²) >= 11 is 0. The van der Waals surface area contributed by atoms with Gasteiger partial charge in [-0.2, -0.15) is 0 Å². The van der Waals surface area contributed by atoms with Gasteiger partial charge < -0.3 is 10.2 Å². The predicted molar refractivity (Wildman–Crippen MR) is 70.8 cm³/mol. The highest BCUT2D eigenvalue weighted by molar-refractivity contribution is 5.26. The number of aryl methyl sites for hydroxylation is 1. The highest BCUT2D eigenvalue weighted by atomic mass is 15.1. The highest BCUT2D eigenvalue weighted by Crippen LogP contribution is 2.19. The number of benzene rings is 1. The second-order valence-corrected chi connectivity index (χ2v) is 4.57. The molecule has 2 heteroatoms. The zero-order valence-electron chi connectivity index (χ0n) is 11.1. The minimum absolute atomic E-state index is 0.390. The van der Waals surface area contributed by atoms with Gasteiger partial charge in [0.1, 0.15) is 0 Å². The third-order valence-corrected chi connectivity index (χ3v) is 3.36. The molecule has 1 rings (SSSR count). The first-order valence-electron chi connectivity index (χ1n) is 6.02. The van der Waals surface area contributed by atoms with Crippen LogP contribution in [0.4, 0.5) is 0 Å². The first-order valence-corrected chi connectivity index (χ1v) is 6.02. The maximum Gasteiger partial charge on any atom is 0.0472 e. The average Bonchev–Trinajstić information content (AvgIpc) is 2.30. The Labute approximate surface area is 99.7 Å². The fourth-order valence-electron chi connectivity index (χ4n) is 1.95. The molecule has 0 aliphatic heterocycles. The van der Waals surface area contributed by atoms with E-state index < -0.39 is 0 Å². The van der Waals surface area contributed by atoms with Crippen LogP contribution in [-0.4, -0.2) is 32.1 Å². The summed E-state index contributed by atoms with van der Waals surface area (Å²) in [6, 6.07) is 9.79. The summed E-state index contributed by atoms with van der Waals surface area (Å²) < 4.78 is 0. The molecule has 0 aliphatic carbocycles. The first-order chi connectivity index (χ1) is 7.60. The van der Waals surface area contributed by atoms with E-state index in [0.717, 1.165) is 6.42 Å². The Hall–Kier alpha value is -0.860. The molecule has 0 radical (unpaired) electrons. The Balaban J connectivity index is 2.86. The molecule has 2 atom stereocenters. The molecule has 16 heavy (non-hydrogen) atoms. The molecule has 0 saturated carbocycles. The summed E-state index contributed by atoms with van der Waals surface area (Å²) in [5.74, 6) is 0. The van der Waals surface area contributed by atoms with Gasteiger partial charge in [-0.3, -0.25) is 0 Å². The largest absolute Gasteiger partial charge is 0.312 e. The molecule has 0 aromatic heterocycles. The van der Waals surface area contributed by atoms with Crippen molar-refractivity contribution in [3.8, 4) is 0 Å². The summed E-state index contributed by atoms with van der Waals surface area (Å²) in [7, 11) is 6.27. The molecule has 0 spiro atoms. The summed E-state index contributed by atoms with van der Waals surface area (Å²) in [5, 5.41) is 3.40. The molecule has 0 heterocycles. The smallest absolute Gasteiger partial charge is 0.0472 e. The van der Waals surface area contributed by atoms with E-state index in [2.05, 4.69) is 62.4 Å². The molecule has 2 unspecified atom stereocenters. The van der Waals surface area contributed by atoms with Crippen molar-refractivity contribution in [2.24, 2.45) is 0 Å². The van der Waals surface area contributed by atoms with Gasteiger partial charge in [-0.1, -0.05) is 31.2 Å². The van der Waals surface area contributed by atoms with Gasteiger partial charge in [0, 0.05) is 12.1 Å². The maximum absolute atomic E-state index is 3.40. The summed E-state index contributed by atoms with van der Waals surface area (Å²) in [6.07, 6.45) is 1.10. The monoisotopic (exact) mass is 220 g/mol. The summed E-state index contributed by atoms with van der Waals surface area (Å²) in [5.41, 5.74) is 2.76. The topological polar surface area (TPSA) is 15.3 Å². The summed E-state index contributed by atoms with van der Waals surface area (Å²) in [4.78, 5) is 2.24. The number of hydrogen-bond donors (Lipinski definition) is 1. The Morgan fingerprint density at radius 2 is 1.75 bits per heavy atom. The lowest BCUT2D eigenvalue weighted by atomic mass is 9.98. The van der Waals surface area contributed by atoms with Gasteiger partial charge >= 0.3 is 0 Å². The van der Waals surface area contributed by atoms with E-state index in [1.165, 1.54) is 11.1 Å². The molecule has 90 valence electrons. The lowest BCUT2D eigenvalue weighted by Gasteiger charge is -2.29. The van der Waals surface area contributed by atoms with Crippen molar-refractivity contribution in [1.29, 1.82) is 0 Å². The third-order valence-electron chi connectivity index (χ3n) is 3.36. The van der Waals surface area contributed by atoms with Crippen molar-refractivity contribution in [1.82, 2.24) is 10.2 Å². The van der Waals surface area contributed by atoms with Crippen molar-refractivity contribution in [3.05, 3.63) is 35.4 Å². The van der Waals surface area contributed by atoms with E-state index in [1.54, 1.807) is 0 Å². The lowest BCUT2D eigenvalue weighted by Crippen LogP contribution is -2.37. The molecule has 0 saturated heterocycles. The zero-order chi connectivity index (χ0) is 12.1. The van der Waals surface area contributed by atoms with Crippen molar-refractivity contribution in [3.63, 3.8) is 0 Å². The van der Waals surface area contributed by atoms with Crippen molar-refractivity contribution in [2.75, 3.05) is 21.1 Å². The Morgan fingerprint density at radius 1 is 1.19 bits per heavy atom. The molecule has 1 N–H and O–H groups in total. The van der Waals surface area contributed by atoms with Crippen LogP contribution in [0.1, 0.15) is 31.0 Å². The van der Waals surface area contributed by atoms with Gasteiger partial charge in [0.05, 0.1) is 0 Å². The van der Waals surface area contributed by atoms with E-state index in [-0.39, 0.29) is 0 Å². The molecule has 1 aromatic rings. The minimum Gasteiger partial charge on any atom is -0.312 e. The zero-order valence-corrected chi connectivity index (χ0v) is 11.1. The van der Waals surface area contributed by atoms with Crippen LogP contribution >= 0.6 is 0 Å². The van der Waals surface area contributed by atoms with Crippen LogP contribution in [0.15, 0.2) is 24.3 Å². The van der Waals surface area contributed by atoms with Crippen LogP contribution in [0.2, 0.25) is 0 Å². The predicted octanol–water partition coefficient (Wildman–Crippen LogP) is 2.46. The normalized spacial score (nSPS) is 15.1. The molecular formula is C14H24N2. The molecule has 0 amide bonds. The number of nitrogens with one attached hydrogen (secondary N) is 1. The van der Waals surface area contributed by atoms with Gasteiger partial charge in [0.15, 0.2) is 0 Å². The maximum atomic E-state index is 3.40. The number of likely N-dealkylation sites (N-methyl/N-ethyl adjacent to an activating group) is 2.